The van der Waals surface area contributed by atoms with Gasteiger partial charge in [-0.05, 0) is 32.2 Å². The summed E-state index contributed by atoms with van der Waals surface area (Å²) in [4.78, 5) is 27.8. The molecule has 0 saturated carbocycles. The molecule has 0 bridgehead atoms. The van der Waals surface area contributed by atoms with Gasteiger partial charge in [0.05, 0.1) is 16.9 Å². The molecular formula is C21H22N2O3S. The second-order valence-electron chi connectivity index (χ2n) is 6.95. The highest BCUT2D eigenvalue weighted by Gasteiger charge is 2.31. The molecule has 2 aromatic carbocycles. The van der Waals surface area contributed by atoms with Crippen LogP contribution in [0.15, 0.2) is 53.8 Å². The summed E-state index contributed by atoms with van der Waals surface area (Å²) < 4.78 is 1.29. The number of carboxylic acid groups (broad SMARTS) is 1. The van der Waals surface area contributed by atoms with Crippen LogP contribution in [0.4, 0.5) is 0 Å². The largest absolute Gasteiger partial charge is 0.481 e. The van der Waals surface area contributed by atoms with Gasteiger partial charge in [-0.2, -0.15) is 0 Å². The third kappa shape index (κ3) is 4.06. The van der Waals surface area contributed by atoms with E-state index in [1.165, 1.54) is 11.8 Å². The van der Waals surface area contributed by atoms with Crippen molar-refractivity contribution in [1.29, 1.82) is 0 Å². The quantitative estimate of drug-likeness (QED) is 0.603. The molecule has 6 heteroatoms. The lowest BCUT2D eigenvalue weighted by molar-refractivity contribution is -0.138. The highest BCUT2D eigenvalue weighted by Crippen LogP contribution is 2.36. The Hall–Kier alpha value is -2.60. The summed E-state index contributed by atoms with van der Waals surface area (Å²) in [5, 5.41) is 11.8. The number of carbonyl (C=O) groups excluding carboxylic acids is 1. The Labute approximate surface area is 162 Å². The van der Waals surface area contributed by atoms with Crippen molar-refractivity contribution in [2.24, 2.45) is 0 Å². The van der Waals surface area contributed by atoms with Crippen LogP contribution in [0.1, 0.15) is 32.4 Å². The Morgan fingerprint density at radius 2 is 1.81 bits per heavy atom. The maximum absolute atomic E-state index is 12.5. The Morgan fingerprint density at radius 1 is 1.11 bits per heavy atom. The van der Waals surface area contributed by atoms with E-state index in [1.807, 2.05) is 45.0 Å². The van der Waals surface area contributed by atoms with Crippen molar-refractivity contribution in [3.8, 4) is 5.69 Å². The number of aromatic nitrogens is 2. The van der Waals surface area contributed by atoms with Crippen LogP contribution >= 0.6 is 11.8 Å². The van der Waals surface area contributed by atoms with Crippen LogP contribution in [0.3, 0.4) is 0 Å². The Morgan fingerprint density at radius 3 is 2.56 bits per heavy atom. The van der Waals surface area contributed by atoms with Gasteiger partial charge in [0, 0.05) is 23.7 Å². The number of Topliss-reactive ketones (excluding diaryl/α,β-unsaturated/α-hetero) is 1. The van der Waals surface area contributed by atoms with E-state index in [1.54, 1.807) is 6.20 Å². The summed E-state index contributed by atoms with van der Waals surface area (Å²) in [5.74, 6) is -1.06. The maximum atomic E-state index is 12.5. The second-order valence-corrected chi connectivity index (χ2v) is 8.54. The van der Waals surface area contributed by atoms with Gasteiger partial charge in [0.1, 0.15) is 5.78 Å². The number of rotatable bonds is 7. The zero-order valence-electron chi connectivity index (χ0n) is 15.6. The van der Waals surface area contributed by atoms with Crippen LogP contribution in [-0.4, -0.2) is 31.2 Å². The summed E-state index contributed by atoms with van der Waals surface area (Å²) in [6.45, 7) is 5.62. The average molecular weight is 382 g/mol. The molecule has 1 N–H and O–H groups in total. The molecule has 0 aliphatic heterocycles. The minimum Gasteiger partial charge on any atom is -0.481 e. The van der Waals surface area contributed by atoms with Crippen LogP contribution in [-0.2, 0) is 9.59 Å². The third-order valence-corrected chi connectivity index (χ3v) is 5.71. The van der Waals surface area contributed by atoms with Crippen molar-refractivity contribution < 1.29 is 14.7 Å². The SMILES string of the molecule is Cc1cnc(SC(C)(C)C(=O)CCC(=O)O)n1-c1cccc2ccccc12. The lowest BCUT2D eigenvalue weighted by atomic mass is 10.0. The fourth-order valence-corrected chi connectivity index (χ4v) is 4.10. The van der Waals surface area contributed by atoms with Crippen molar-refractivity contribution >= 4 is 34.3 Å². The molecular weight excluding hydrogens is 360 g/mol. The molecule has 0 aliphatic carbocycles. The highest BCUT2D eigenvalue weighted by atomic mass is 32.2. The van der Waals surface area contributed by atoms with Gasteiger partial charge in [-0.1, -0.05) is 48.2 Å². The van der Waals surface area contributed by atoms with E-state index in [-0.39, 0.29) is 18.6 Å². The zero-order chi connectivity index (χ0) is 19.6. The number of aryl methyl sites for hydroxylation is 1. The smallest absolute Gasteiger partial charge is 0.303 e. The minimum absolute atomic E-state index is 0.0172. The first-order chi connectivity index (χ1) is 12.8. The van der Waals surface area contributed by atoms with E-state index in [0.717, 1.165) is 27.3 Å². The normalized spacial score (nSPS) is 11.7. The van der Waals surface area contributed by atoms with Gasteiger partial charge in [0.2, 0.25) is 0 Å². The molecule has 3 rings (SSSR count). The third-order valence-electron chi connectivity index (χ3n) is 4.50. The number of carbonyl (C=O) groups is 2. The van der Waals surface area contributed by atoms with Gasteiger partial charge in [-0.3, -0.25) is 14.2 Å². The molecule has 1 heterocycles. The van der Waals surface area contributed by atoms with Crippen molar-refractivity contribution in [3.05, 3.63) is 54.4 Å². The molecule has 0 amide bonds. The Balaban J connectivity index is 1.98. The van der Waals surface area contributed by atoms with E-state index < -0.39 is 10.7 Å². The number of thioether (sulfide) groups is 1. The summed E-state index contributed by atoms with van der Waals surface area (Å²) in [7, 11) is 0. The number of hydrogen-bond acceptors (Lipinski definition) is 4. The van der Waals surface area contributed by atoms with Gasteiger partial charge in [-0.15, -0.1) is 0 Å². The number of hydrogen-bond donors (Lipinski definition) is 1. The van der Waals surface area contributed by atoms with Crippen LogP contribution in [0, 0.1) is 6.92 Å². The first-order valence-corrected chi connectivity index (χ1v) is 9.58. The number of aliphatic carboxylic acids is 1. The Bertz CT molecular complexity index is 1000. The van der Waals surface area contributed by atoms with Crippen molar-refractivity contribution in [3.63, 3.8) is 0 Å². The summed E-state index contributed by atoms with van der Waals surface area (Å²) >= 11 is 1.37. The molecule has 5 nitrogen and oxygen atoms in total. The molecule has 0 aliphatic rings. The number of nitrogens with zero attached hydrogens (tertiary/aromatic N) is 2. The predicted octanol–water partition coefficient (Wildman–Crippen LogP) is 4.64. The summed E-state index contributed by atoms with van der Waals surface area (Å²) in [6.07, 6.45) is 1.66. The monoisotopic (exact) mass is 382 g/mol. The van der Waals surface area contributed by atoms with E-state index in [0.29, 0.717) is 0 Å². The lowest BCUT2D eigenvalue weighted by Crippen LogP contribution is -2.28. The van der Waals surface area contributed by atoms with Crippen molar-refractivity contribution in [2.75, 3.05) is 0 Å². The molecule has 0 unspecified atom stereocenters. The Kier molecular flexibility index (Phi) is 5.37. The summed E-state index contributed by atoms with van der Waals surface area (Å²) in [6, 6.07) is 14.3. The van der Waals surface area contributed by atoms with Gasteiger partial charge in [0.15, 0.2) is 5.16 Å². The molecule has 3 aromatic rings. The van der Waals surface area contributed by atoms with Crippen molar-refractivity contribution in [1.82, 2.24) is 9.55 Å². The molecule has 0 saturated heterocycles. The summed E-state index contributed by atoms with van der Waals surface area (Å²) in [5.41, 5.74) is 1.99. The molecule has 0 spiro atoms. The fraction of sp³-hybridized carbons (Fsp3) is 0.286. The molecule has 27 heavy (non-hydrogen) atoms. The number of benzene rings is 2. The molecule has 0 atom stereocenters. The van der Waals surface area contributed by atoms with Crippen LogP contribution in [0.25, 0.3) is 16.5 Å². The first-order valence-electron chi connectivity index (χ1n) is 8.76. The number of ketones is 1. The van der Waals surface area contributed by atoms with E-state index >= 15 is 0 Å². The highest BCUT2D eigenvalue weighted by molar-refractivity contribution is 8.01. The van der Waals surface area contributed by atoms with Gasteiger partial charge in [-0.25, -0.2) is 4.98 Å². The zero-order valence-corrected chi connectivity index (χ0v) is 16.4. The lowest BCUT2D eigenvalue weighted by Gasteiger charge is -2.23. The van der Waals surface area contributed by atoms with Crippen LogP contribution in [0.2, 0.25) is 0 Å². The first kappa shape index (κ1) is 19.2. The van der Waals surface area contributed by atoms with Gasteiger partial charge in [0.25, 0.3) is 0 Å². The minimum atomic E-state index is -0.961. The van der Waals surface area contributed by atoms with E-state index in [4.69, 9.17) is 5.11 Å². The van der Waals surface area contributed by atoms with E-state index in [2.05, 4.69) is 27.8 Å². The standard InChI is InChI=1S/C21H22N2O3S/c1-14-13-22-20(27-21(2,3)18(24)11-12-19(25)26)23(14)17-10-6-8-15-7-4-5-9-16(15)17/h4-10,13H,11-12H2,1-3H3,(H,25,26). The van der Waals surface area contributed by atoms with Gasteiger partial charge < -0.3 is 5.11 Å². The van der Waals surface area contributed by atoms with Gasteiger partial charge >= 0.3 is 5.97 Å². The average Bonchev–Trinajstić information content (AvgIpc) is 2.98. The number of imidazole rings is 1. The number of carboxylic acids is 1. The van der Waals surface area contributed by atoms with Crippen molar-refractivity contribution in [2.45, 2.75) is 43.5 Å². The molecule has 0 fully saturated rings. The number of fused-ring (bicyclic) bond motifs is 1. The molecule has 140 valence electrons. The van der Waals surface area contributed by atoms with Crippen LogP contribution < -0.4 is 0 Å². The second kappa shape index (κ2) is 7.56. The molecule has 0 radical (unpaired) electrons. The fourth-order valence-electron chi connectivity index (χ4n) is 2.99. The molecule has 1 aromatic heterocycles. The van der Waals surface area contributed by atoms with Crippen LogP contribution in [0.5, 0.6) is 0 Å². The van der Waals surface area contributed by atoms with E-state index in [9.17, 15) is 9.59 Å². The maximum Gasteiger partial charge on any atom is 0.303 e. The predicted molar refractivity (Wildman–Crippen MR) is 108 cm³/mol. The topological polar surface area (TPSA) is 72.2 Å².